The van der Waals surface area contributed by atoms with Gasteiger partial charge < -0.3 is 9.47 Å². The standard InChI is InChI=1S/C18H21NO5S/c1-12(2)14-7-10-16(23-3)17(11-14)25(21,22)19-15-8-5-13(6-9-15)18(20)24-4/h5-12,19H,1-4H3. The fourth-order valence-corrected chi connectivity index (χ4v) is 3.53. The van der Waals surface area contributed by atoms with E-state index in [1.165, 1.54) is 38.5 Å². The van der Waals surface area contributed by atoms with Crippen molar-refractivity contribution in [2.45, 2.75) is 24.7 Å². The van der Waals surface area contributed by atoms with E-state index in [0.29, 0.717) is 11.3 Å². The second kappa shape index (κ2) is 7.57. The third-order valence-corrected chi connectivity index (χ3v) is 5.10. The van der Waals surface area contributed by atoms with Crippen molar-refractivity contribution in [1.82, 2.24) is 0 Å². The zero-order chi connectivity index (χ0) is 18.6. The molecule has 0 aliphatic carbocycles. The summed E-state index contributed by atoms with van der Waals surface area (Å²) in [4.78, 5) is 11.5. The van der Waals surface area contributed by atoms with Crippen molar-refractivity contribution in [1.29, 1.82) is 0 Å². The minimum Gasteiger partial charge on any atom is -0.495 e. The van der Waals surface area contributed by atoms with Gasteiger partial charge in [-0.1, -0.05) is 19.9 Å². The van der Waals surface area contributed by atoms with Crippen LogP contribution in [-0.2, 0) is 14.8 Å². The van der Waals surface area contributed by atoms with Gasteiger partial charge in [0.2, 0.25) is 0 Å². The number of ether oxygens (including phenoxy) is 2. The molecular weight excluding hydrogens is 342 g/mol. The van der Waals surface area contributed by atoms with Crippen molar-refractivity contribution < 1.29 is 22.7 Å². The number of esters is 1. The predicted octanol–water partition coefficient (Wildman–Crippen LogP) is 3.41. The van der Waals surface area contributed by atoms with E-state index >= 15 is 0 Å². The summed E-state index contributed by atoms with van der Waals surface area (Å²) in [5.74, 6) is -0.0389. The van der Waals surface area contributed by atoms with Gasteiger partial charge in [-0.05, 0) is 47.9 Å². The van der Waals surface area contributed by atoms with Crippen molar-refractivity contribution in [2.24, 2.45) is 0 Å². The first-order chi connectivity index (χ1) is 11.8. The van der Waals surface area contributed by atoms with Gasteiger partial charge >= 0.3 is 5.97 Å². The van der Waals surface area contributed by atoms with E-state index in [4.69, 9.17) is 4.74 Å². The largest absolute Gasteiger partial charge is 0.495 e. The Morgan fingerprint density at radius 2 is 1.68 bits per heavy atom. The topological polar surface area (TPSA) is 81.7 Å². The van der Waals surface area contributed by atoms with E-state index in [1.807, 2.05) is 19.9 Å². The van der Waals surface area contributed by atoms with Crippen LogP contribution in [0.1, 0.15) is 35.7 Å². The van der Waals surface area contributed by atoms with Crippen molar-refractivity contribution in [2.75, 3.05) is 18.9 Å². The third-order valence-electron chi connectivity index (χ3n) is 3.70. The number of hydrogen-bond donors (Lipinski definition) is 1. The molecule has 2 aromatic rings. The molecule has 2 aromatic carbocycles. The Morgan fingerprint density at radius 1 is 1.04 bits per heavy atom. The average molecular weight is 363 g/mol. The maximum atomic E-state index is 12.7. The molecule has 134 valence electrons. The lowest BCUT2D eigenvalue weighted by Gasteiger charge is -2.14. The number of benzene rings is 2. The van der Waals surface area contributed by atoms with Gasteiger partial charge in [0, 0.05) is 5.69 Å². The quantitative estimate of drug-likeness (QED) is 0.796. The van der Waals surface area contributed by atoms with Crippen molar-refractivity contribution in [3.8, 4) is 5.75 Å². The number of nitrogens with one attached hydrogen (secondary N) is 1. The summed E-state index contributed by atoms with van der Waals surface area (Å²) in [5.41, 5.74) is 1.57. The zero-order valence-corrected chi connectivity index (χ0v) is 15.4. The first-order valence-corrected chi connectivity index (χ1v) is 9.16. The Hall–Kier alpha value is -2.54. The number of rotatable bonds is 6. The van der Waals surface area contributed by atoms with Gasteiger partial charge in [-0.15, -0.1) is 0 Å². The van der Waals surface area contributed by atoms with Gasteiger partial charge in [0.25, 0.3) is 10.0 Å². The minimum atomic E-state index is -3.84. The second-order valence-electron chi connectivity index (χ2n) is 5.74. The maximum absolute atomic E-state index is 12.7. The Morgan fingerprint density at radius 3 is 2.20 bits per heavy atom. The van der Waals surface area contributed by atoms with Crippen molar-refractivity contribution in [3.05, 3.63) is 53.6 Å². The highest BCUT2D eigenvalue weighted by atomic mass is 32.2. The SMILES string of the molecule is COC(=O)c1ccc(NS(=O)(=O)c2cc(C(C)C)ccc2OC)cc1. The van der Waals surface area contributed by atoms with Crippen molar-refractivity contribution >= 4 is 21.7 Å². The lowest BCUT2D eigenvalue weighted by atomic mass is 10.0. The summed E-state index contributed by atoms with van der Waals surface area (Å²) in [6.45, 7) is 3.97. The van der Waals surface area contributed by atoms with Crippen molar-refractivity contribution in [3.63, 3.8) is 0 Å². The van der Waals surface area contributed by atoms with E-state index in [9.17, 15) is 13.2 Å². The molecule has 0 fully saturated rings. The monoisotopic (exact) mass is 363 g/mol. The van der Waals surface area contributed by atoms with Gasteiger partial charge in [0.05, 0.1) is 19.8 Å². The van der Waals surface area contributed by atoms with Gasteiger partial charge in [0.1, 0.15) is 10.6 Å². The molecule has 0 heterocycles. The number of hydrogen-bond acceptors (Lipinski definition) is 5. The maximum Gasteiger partial charge on any atom is 0.337 e. The molecule has 0 spiro atoms. The van der Waals surface area contributed by atoms with Gasteiger partial charge in [-0.25, -0.2) is 13.2 Å². The van der Waals surface area contributed by atoms with Gasteiger partial charge in [-0.2, -0.15) is 0 Å². The van der Waals surface area contributed by atoms with E-state index < -0.39 is 16.0 Å². The Kier molecular flexibility index (Phi) is 5.69. The smallest absolute Gasteiger partial charge is 0.337 e. The fraction of sp³-hybridized carbons (Fsp3) is 0.278. The molecule has 0 aliphatic rings. The normalized spacial score (nSPS) is 11.2. The molecule has 0 atom stereocenters. The molecule has 0 unspecified atom stereocenters. The molecule has 0 amide bonds. The first-order valence-electron chi connectivity index (χ1n) is 7.67. The van der Waals surface area contributed by atoms with Crippen LogP contribution in [0.25, 0.3) is 0 Å². The highest BCUT2D eigenvalue weighted by Gasteiger charge is 2.21. The molecular formula is C18H21NO5S. The number of carbonyl (C=O) groups is 1. The van der Waals surface area contributed by atoms with Crippen LogP contribution in [0.5, 0.6) is 5.75 Å². The van der Waals surface area contributed by atoms with Crippen LogP contribution in [0.4, 0.5) is 5.69 Å². The summed E-state index contributed by atoms with van der Waals surface area (Å²) < 4.78 is 37.8. The fourth-order valence-electron chi connectivity index (χ4n) is 2.26. The number of carbonyl (C=O) groups excluding carboxylic acids is 1. The molecule has 0 bridgehead atoms. The summed E-state index contributed by atoms with van der Waals surface area (Å²) >= 11 is 0. The van der Waals surface area contributed by atoms with E-state index in [0.717, 1.165) is 5.56 Å². The zero-order valence-electron chi connectivity index (χ0n) is 14.6. The molecule has 0 saturated heterocycles. The number of sulfonamides is 1. The molecule has 25 heavy (non-hydrogen) atoms. The molecule has 0 aromatic heterocycles. The van der Waals surface area contributed by atoms with Crippen LogP contribution in [0.3, 0.4) is 0 Å². The third kappa shape index (κ3) is 4.30. The first kappa shape index (κ1) is 18.8. The molecule has 0 radical (unpaired) electrons. The van der Waals surface area contributed by atoms with Crippen LogP contribution in [0.15, 0.2) is 47.4 Å². The summed E-state index contributed by atoms with van der Waals surface area (Å²) in [7, 11) is -1.13. The molecule has 0 saturated carbocycles. The lowest BCUT2D eigenvalue weighted by molar-refractivity contribution is 0.0601. The van der Waals surface area contributed by atoms with Crippen LogP contribution < -0.4 is 9.46 Å². The molecule has 7 heteroatoms. The minimum absolute atomic E-state index is 0.0678. The van der Waals surface area contributed by atoms with E-state index in [1.54, 1.807) is 12.1 Å². The Bertz CT molecular complexity index is 858. The molecule has 6 nitrogen and oxygen atoms in total. The van der Waals surface area contributed by atoms with Crippen LogP contribution >= 0.6 is 0 Å². The summed E-state index contributed by atoms with van der Waals surface area (Å²) in [6, 6.07) is 11.1. The molecule has 0 aliphatic heterocycles. The Balaban J connectivity index is 2.35. The summed E-state index contributed by atoms with van der Waals surface area (Å²) in [6.07, 6.45) is 0. The number of methoxy groups -OCH3 is 2. The predicted molar refractivity (Wildman–Crippen MR) is 95.7 cm³/mol. The highest BCUT2D eigenvalue weighted by Crippen LogP contribution is 2.29. The summed E-state index contributed by atoms with van der Waals surface area (Å²) in [5, 5.41) is 0. The van der Waals surface area contributed by atoms with E-state index in [2.05, 4.69) is 9.46 Å². The molecule has 2 rings (SSSR count). The second-order valence-corrected chi connectivity index (χ2v) is 7.39. The van der Waals surface area contributed by atoms with Crippen LogP contribution in [-0.4, -0.2) is 28.6 Å². The number of anilines is 1. The Labute approximate surface area is 147 Å². The van der Waals surface area contributed by atoms with Crippen LogP contribution in [0, 0.1) is 0 Å². The molecule has 1 N–H and O–H groups in total. The van der Waals surface area contributed by atoms with Gasteiger partial charge in [-0.3, -0.25) is 4.72 Å². The lowest BCUT2D eigenvalue weighted by Crippen LogP contribution is -2.15. The van der Waals surface area contributed by atoms with E-state index in [-0.39, 0.29) is 16.6 Å². The van der Waals surface area contributed by atoms with Crippen LogP contribution in [0.2, 0.25) is 0 Å². The highest BCUT2D eigenvalue weighted by molar-refractivity contribution is 7.92. The van der Waals surface area contributed by atoms with Gasteiger partial charge in [0.15, 0.2) is 0 Å². The average Bonchev–Trinajstić information content (AvgIpc) is 2.60.